The van der Waals surface area contributed by atoms with Gasteiger partial charge in [0.25, 0.3) is 0 Å². The average Bonchev–Trinajstić information content (AvgIpc) is 2.62. The second-order valence-electron chi connectivity index (χ2n) is 4.53. The maximum Gasteiger partial charge on any atom is 0.178 e. The molecule has 0 aromatic carbocycles. The summed E-state index contributed by atoms with van der Waals surface area (Å²) in [5, 5.41) is 0. The minimum atomic E-state index is 0.182. The van der Waals surface area contributed by atoms with E-state index in [2.05, 4.69) is 9.80 Å². The van der Waals surface area contributed by atoms with Crippen molar-refractivity contribution in [3.05, 3.63) is 24.0 Å². The summed E-state index contributed by atoms with van der Waals surface area (Å²) in [6, 6.07) is 1.86. The summed E-state index contributed by atoms with van der Waals surface area (Å²) in [5.41, 5.74) is 0.791. The Balaban J connectivity index is 2.39. The topological polar surface area (TPSA) is 28.5 Å². The fraction of sp³-hybridized carbons (Fsp3) is 0.583. The van der Waals surface area contributed by atoms with Crippen LogP contribution in [0.3, 0.4) is 0 Å². The highest BCUT2D eigenvalue weighted by atomic mass is 16.1. The molecule has 0 bridgehead atoms. The van der Waals surface area contributed by atoms with Gasteiger partial charge in [-0.1, -0.05) is 0 Å². The summed E-state index contributed by atoms with van der Waals surface area (Å²) in [6.45, 7) is 2.36. The average molecular weight is 223 g/mol. The predicted octanol–water partition coefficient (Wildman–Crippen LogP) is 0.701. The van der Waals surface area contributed by atoms with E-state index in [4.69, 9.17) is 0 Å². The molecule has 1 rings (SSSR count). The van der Waals surface area contributed by atoms with Crippen LogP contribution in [-0.4, -0.2) is 60.9 Å². The van der Waals surface area contributed by atoms with Crippen molar-refractivity contribution in [2.24, 2.45) is 7.05 Å². The normalized spacial score (nSPS) is 11.4. The van der Waals surface area contributed by atoms with E-state index in [9.17, 15) is 4.79 Å². The molecule has 0 atom stereocenters. The van der Waals surface area contributed by atoms with E-state index in [1.54, 1.807) is 0 Å². The van der Waals surface area contributed by atoms with Crippen molar-refractivity contribution >= 4 is 5.78 Å². The third kappa shape index (κ3) is 4.16. The summed E-state index contributed by atoms with van der Waals surface area (Å²) in [6.07, 6.45) is 3.76. The maximum absolute atomic E-state index is 11.8. The summed E-state index contributed by atoms with van der Waals surface area (Å²) in [5.74, 6) is 0.182. The van der Waals surface area contributed by atoms with Crippen LogP contribution < -0.4 is 0 Å². The number of Topliss-reactive ketones (excluding diaryl/α,β-unsaturated/α-hetero) is 1. The van der Waals surface area contributed by atoms with Gasteiger partial charge in [0.15, 0.2) is 5.78 Å². The Morgan fingerprint density at radius 1 is 1.31 bits per heavy atom. The monoisotopic (exact) mass is 223 g/mol. The second kappa shape index (κ2) is 5.82. The number of hydrogen-bond donors (Lipinski definition) is 0. The van der Waals surface area contributed by atoms with Crippen LogP contribution >= 0.6 is 0 Å². The lowest BCUT2D eigenvalue weighted by Crippen LogP contribution is -2.32. The fourth-order valence-electron chi connectivity index (χ4n) is 1.45. The van der Waals surface area contributed by atoms with Gasteiger partial charge in [-0.2, -0.15) is 0 Å². The van der Waals surface area contributed by atoms with E-state index in [-0.39, 0.29) is 5.78 Å². The Morgan fingerprint density at radius 2 is 2.00 bits per heavy atom. The van der Waals surface area contributed by atoms with Crippen LogP contribution in [0.1, 0.15) is 10.4 Å². The fourth-order valence-corrected chi connectivity index (χ4v) is 1.45. The largest absolute Gasteiger partial charge is 0.357 e. The molecule has 0 radical (unpaired) electrons. The van der Waals surface area contributed by atoms with Crippen LogP contribution in [0.25, 0.3) is 0 Å². The van der Waals surface area contributed by atoms with Gasteiger partial charge in [0.1, 0.15) is 0 Å². The van der Waals surface area contributed by atoms with Gasteiger partial charge in [0, 0.05) is 38.1 Å². The first-order valence-electron chi connectivity index (χ1n) is 5.47. The van der Waals surface area contributed by atoms with E-state index in [0.29, 0.717) is 6.54 Å². The Labute approximate surface area is 97.5 Å². The molecular formula is C12H21N3O. The van der Waals surface area contributed by atoms with Gasteiger partial charge >= 0.3 is 0 Å². The Bertz CT molecular complexity index is 344. The van der Waals surface area contributed by atoms with Gasteiger partial charge in [-0.3, -0.25) is 9.69 Å². The van der Waals surface area contributed by atoms with E-state index in [0.717, 1.165) is 18.7 Å². The molecule has 0 saturated heterocycles. The Kier molecular flexibility index (Phi) is 4.71. The summed E-state index contributed by atoms with van der Waals surface area (Å²) in [4.78, 5) is 16.0. The summed E-state index contributed by atoms with van der Waals surface area (Å²) in [7, 11) is 7.97. The van der Waals surface area contributed by atoms with Crippen LogP contribution in [0.5, 0.6) is 0 Å². The highest BCUT2D eigenvalue weighted by Gasteiger charge is 2.10. The van der Waals surface area contributed by atoms with E-state index >= 15 is 0 Å². The lowest BCUT2D eigenvalue weighted by molar-refractivity contribution is 0.0942. The van der Waals surface area contributed by atoms with E-state index in [1.807, 2.05) is 51.2 Å². The molecule has 0 aliphatic carbocycles. The molecule has 0 aliphatic heterocycles. The molecule has 0 amide bonds. The number of carbonyl (C=O) groups is 1. The molecule has 0 aliphatic rings. The number of likely N-dealkylation sites (N-methyl/N-ethyl adjacent to an activating group) is 2. The standard InChI is InChI=1S/C12H21N3O/c1-13(2)7-8-15(4)10-12(16)11-5-6-14(3)9-11/h5-6,9H,7-8,10H2,1-4H3. The maximum atomic E-state index is 11.8. The summed E-state index contributed by atoms with van der Waals surface area (Å²) >= 11 is 0. The van der Waals surface area contributed by atoms with Crippen molar-refractivity contribution in [1.29, 1.82) is 0 Å². The van der Waals surface area contributed by atoms with Crippen LogP contribution in [0.2, 0.25) is 0 Å². The van der Waals surface area contributed by atoms with Crippen LogP contribution in [0.4, 0.5) is 0 Å². The molecule has 16 heavy (non-hydrogen) atoms. The number of rotatable bonds is 6. The first-order chi connectivity index (χ1) is 7.49. The van der Waals surface area contributed by atoms with Gasteiger partial charge in [0.05, 0.1) is 6.54 Å². The first-order valence-corrected chi connectivity index (χ1v) is 5.47. The number of carbonyl (C=O) groups excluding carboxylic acids is 1. The Morgan fingerprint density at radius 3 is 2.50 bits per heavy atom. The van der Waals surface area contributed by atoms with Crippen LogP contribution in [0.15, 0.2) is 18.5 Å². The molecule has 4 heteroatoms. The van der Waals surface area contributed by atoms with Crippen molar-refractivity contribution in [3.8, 4) is 0 Å². The molecular weight excluding hydrogens is 202 g/mol. The molecule has 0 N–H and O–H groups in total. The number of nitrogens with zero attached hydrogens (tertiary/aromatic N) is 3. The van der Waals surface area contributed by atoms with Crippen molar-refractivity contribution in [2.45, 2.75) is 0 Å². The van der Waals surface area contributed by atoms with Gasteiger partial charge in [-0.25, -0.2) is 0 Å². The molecule has 1 aromatic rings. The number of aryl methyl sites for hydroxylation is 1. The third-order valence-corrected chi connectivity index (χ3v) is 2.50. The molecule has 0 unspecified atom stereocenters. The van der Waals surface area contributed by atoms with Gasteiger partial charge in [0.2, 0.25) is 0 Å². The zero-order valence-electron chi connectivity index (χ0n) is 10.6. The zero-order valence-corrected chi connectivity index (χ0v) is 10.6. The van der Waals surface area contributed by atoms with Crippen molar-refractivity contribution in [1.82, 2.24) is 14.4 Å². The number of ketones is 1. The second-order valence-corrected chi connectivity index (χ2v) is 4.53. The number of hydrogen-bond acceptors (Lipinski definition) is 3. The smallest absolute Gasteiger partial charge is 0.178 e. The number of aromatic nitrogens is 1. The summed E-state index contributed by atoms with van der Waals surface area (Å²) < 4.78 is 1.90. The van der Waals surface area contributed by atoms with Crippen molar-refractivity contribution in [3.63, 3.8) is 0 Å². The minimum Gasteiger partial charge on any atom is -0.357 e. The molecule has 0 fully saturated rings. The van der Waals surface area contributed by atoms with Crippen molar-refractivity contribution < 1.29 is 4.79 Å². The molecule has 0 spiro atoms. The predicted molar refractivity (Wildman–Crippen MR) is 65.8 cm³/mol. The SMILES string of the molecule is CN(C)CCN(C)CC(=O)c1ccn(C)c1. The molecule has 90 valence electrons. The van der Waals surface area contributed by atoms with Gasteiger partial charge < -0.3 is 9.47 Å². The molecule has 0 saturated carbocycles. The minimum absolute atomic E-state index is 0.182. The highest BCUT2D eigenvalue weighted by molar-refractivity contribution is 5.97. The lowest BCUT2D eigenvalue weighted by Gasteiger charge is -2.18. The lowest BCUT2D eigenvalue weighted by atomic mass is 10.2. The van der Waals surface area contributed by atoms with Gasteiger partial charge in [-0.05, 0) is 27.2 Å². The zero-order chi connectivity index (χ0) is 12.1. The first kappa shape index (κ1) is 12.9. The third-order valence-electron chi connectivity index (χ3n) is 2.50. The molecule has 4 nitrogen and oxygen atoms in total. The van der Waals surface area contributed by atoms with E-state index < -0.39 is 0 Å². The molecule has 1 aromatic heterocycles. The highest BCUT2D eigenvalue weighted by Crippen LogP contribution is 2.01. The van der Waals surface area contributed by atoms with E-state index in [1.165, 1.54) is 0 Å². The van der Waals surface area contributed by atoms with Gasteiger partial charge in [-0.15, -0.1) is 0 Å². The Hall–Kier alpha value is -1.13. The van der Waals surface area contributed by atoms with Crippen molar-refractivity contribution in [2.75, 3.05) is 40.8 Å². The van der Waals surface area contributed by atoms with Crippen LogP contribution in [-0.2, 0) is 7.05 Å². The quantitative estimate of drug-likeness (QED) is 0.665. The molecule has 1 heterocycles. The van der Waals surface area contributed by atoms with Crippen LogP contribution in [0, 0.1) is 0 Å².